The van der Waals surface area contributed by atoms with E-state index in [0.29, 0.717) is 11.6 Å². The minimum Gasteiger partial charge on any atom is -0.357 e. The number of hydrogen-bond acceptors (Lipinski definition) is 4. The first-order chi connectivity index (χ1) is 10.3. The third-order valence-corrected chi connectivity index (χ3v) is 4.13. The topological polar surface area (TPSA) is 57.7 Å². The molecule has 2 aromatic heterocycles. The minimum absolute atomic E-state index is 0.533. The van der Waals surface area contributed by atoms with Gasteiger partial charge in [-0.3, -0.25) is 4.68 Å². The molecule has 1 saturated heterocycles. The summed E-state index contributed by atoms with van der Waals surface area (Å²) in [5.74, 6) is 1.59. The van der Waals surface area contributed by atoms with Crippen LogP contribution in [0.1, 0.15) is 24.1 Å². The summed E-state index contributed by atoms with van der Waals surface area (Å²) in [6, 6.07) is 8.13. The molecule has 0 bridgehead atoms. The van der Waals surface area contributed by atoms with Crippen LogP contribution in [0.5, 0.6) is 0 Å². The Bertz CT molecular complexity index is 633. The molecule has 0 amide bonds. The molecule has 108 valence electrons. The van der Waals surface area contributed by atoms with Gasteiger partial charge < -0.3 is 4.90 Å². The Kier molecular flexibility index (Phi) is 3.87. The molecule has 1 aliphatic rings. The summed E-state index contributed by atoms with van der Waals surface area (Å²) in [6.45, 7) is 4.90. The van der Waals surface area contributed by atoms with Crippen LogP contribution in [0.3, 0.4) is 0 Å². The first kappa shape index (κ1) is 13.6. The van der Waals surface area contributed by atoms with Crippen molar-refractivity contribution in [2.45, 2.75) is 26.3 Å². The van der Waals surface area contributed by atoms with Gasteiger partial charge in [0.25, 0.3) is 0 Å². The second-order valence-electron chi connectivity index (χ2n) is 5.61. The van der Waals surface area contributed by atoms with Gasteiger partial charge in [0.2, 0.25) is 0 Å². The lowest BCUT2D eigenvalue weighted by atomic mass is 9.97. The summed E-state index contributed by atoms with van der Waals surface area (Å²) >= 11 is 0. The number of hydrogen-bond donors (Lipinski definition) is 0. The molecule has 1 fully saturated rings. The number of aryl methyl sites for hydroxylation is 1. The largest absolute Gasteiger partial charge is 0.357 e. The summed E-state index contributed by atoms with van der Waals surface area (Å²) in [4.78, 5) is 6.74. The molecule has 3 heterocycles. The monoisotopic (exact) mass is 281 g/mol. The lowest BCUT2D eigenvalue weighted by Crippen LogP contribution is -2.35. The van der Waals surface area contributed by atoms with E-state index in [2.05, 4.69) is 21.1 Å². The molecular formula is C16H19N5. The minimum atomic E-state index is 0.533. The van der Waals surface area contributed by atoms with E-state index in [1.54, 1.807) is 0 Å². The molecule has 2 aromatic rings. The van der Waals surface area contributed by atoms with Crippen molar-refractivity contribution in [3.05, 3.63) is 41.9 Å². The van der Waals surface area contributed by atoms with Crippen molar-refractivity contribution in [3.8, 4) is 6.07 Å². The second-order valence-corrected chi connectivity index (χ2v) is 5.61. The van der Waals surface area contributed by atoms with Crippen molar-refractivity contribution in [3.63, 3.8) is 0 Å². The molecule has 0 aliphatic carbocycles. The number of pyridine rings is 1. The van der Waals surface area contributed by atoms with E-state index in [1.807, 2.05) is 42.2 Å². The molecule has 3 rings (SSSR count). The predicted molar refractivity (Wildman–Crippen MR) is 80.9 cm³/mol. The highest BCUT2D eigenvalue weighted by Gasteiger charge is 2.21. The number of aromatic nitrogens is 3. The van der Waals surface area contributed by atoms with Crippen molar-refractivity contribution in [1.82, 2.24) is 14.8 Å². The fourth-order valence-electron chi connectivity index (χ4n) is 2.83. The van der Waals surface area contributed by atoms with Gasteiger partial charge >= 0.3 is 0 Å². The number of nitriles is 1. The van der Waals surface area contributed by atoms with E-state index < -0.39 is 0 Å². The van der Waals surface area contributed by atoms with Crippen LogP contribution in [0.4, 0.5) is 5.82 Å². The molecule has 5 heteroatoms. The zero-order chi connectivity index (χ0) is 14.7. The highest BCUT2D eigenvalue weighted by molar-refractivity contribution is 5.45. The molecule has 0 N–H and O–H groups in total. The average Bonchev–Trinajstić information content (AvgIpc) is 3.02. The predicted octanol–water partition coefficient (Wildman–Crippen LogP) is 2.37. The molecule has 0 radical (unpaired) electrons. The SMILES string of the molecule is Cc1ccc(N2CCC(Cn3cccn3)CC2)nc1C#N. The molecule has 1 aliphatic heterocycles. The number of anilines is 1. The van der Waals surface area contributed by atoms with E-state index in [1.165, 1.54) is 0 Å². The van der Waals surface area contributed by atoms with Gasteiger partial charge in [0.05, 0.1) is 0 Å². The van der Waals surface area contributed by atoms with Crippen LogP contribution in [-0.4, -0.2) is 27.9 Å². The van der Waals surface area contributed by atoms with E-state index in [-0.39, 0.29) is 0 Å². The van der Waals surface area contributed by atoms with E-state index >= 15 is 0 Å². The summed E-state index contributed by atoms with van der Waals surface area (Å²) < 4.78 is 2.01. The van der Waals surface area contributed by atoms with Gasteiger partial charge in [0, 0.05) is 32.0 Å². The Balaban J connectivity index is 1.62. The lowest BCUT2D eigenvalue weighted by molar-refractivity contribution is 0.341. The molecule has 0 atom stereocenters. The summed E-state index contributed by atoms with van der Waals surface area (Å²) in [7, 11) is 0. The number of nitrogens with zero attached hydrogens (tertiary/aromatic N) is 5. The maximum Gasteiger partial charge on any atom is 0.145 e. The van der Waals surface area contributed by atoms with Crippen molar-refractivity contribution in [2.75, 3.05) is 18.0 Å². The van der Waals surface area contributed by atoms with Crippen molar-refractivity contribution in [2.24, 2.45) is 5.92 Å². The fourth-order valence-corrected chi connectivity index (χ4v) is 2.83. The van der Waals surface area contributed by atoms with Crippen molar-refractivity contribution < 1.29 is 0 Å². The molecule has 0 spiro atoms. The Morgan fingerprint density at radius 1 is 1.33 bits per heavy atom. The van der Waals surface area contributed by atoms with Crippen LogP contribution in [-0.2, 0) is 6.54 Å². The smallest absolute Gasteiger partial charge is 0.145 e. The van der Waals surface area contributed by atoms with E-state index in [9.17, 15) is 0 Å². The fraction of sp³-hybridized carbons (Fsp3) is 0.438. The summed E-state index contributed by atoms with van der Waals surface area (Å²) in [5.41, 5.74) is 1.47. The maximum absolute atomic E-state index is 9.09. The van der Waals surface area contributed by atoms with Gasteiger partial charge in [-0.15, -0.1) is 0 Å². The highest BCUT2D eigenvalue weighted by atomic mass is 15.3. The van der Waals surface area contributed by atoms with Crippen LogP contribution in [0.15, 0.2) is 30.6 Å². The van der Waals surface area contributed by atoms with Gasteiger partial charge in [-0.25, -0.2) is 4.98 Å². The third kappa shape index (κ3) is 3.05. The number of rotatable bonds is 3. The standard InChI is InChI=1S/C16H19N5/c1-13-3-4-16(19-15(13)11-17)20-9-5-14(6-10-20)12-21-8-2-7-18-21/h2-4,7-8,14H,5-6,9-10,12H2,1H3. The molecule has 0 saturated carbocycles. The summed E-state index contributed by atoms with van der Waals surface area (Å²) in [6.07, 6.45) is 6.12. The Morgan fingerprint density at radius 3 is 2.81 bits per heavy atom. The molecule has 5 nitrogen and oxygen atoms in total. The zero-order valence-corrected chi connectivity index (χ0v) is 12.2. The van der Waals surface area contributed by atoms with E-state index in [0.717, 1.165) is 43.9 Å². The summed E-state index contributed by atoms with van der Waals surface area (Å²) in [5, 5.41) is 13.4. The number of piperidine rings is 1. The quantitative estimate of drug-likeness (QED) is 0.866. The van der Waals surface area contributed by atoms with Crippen LogP contribution >= 0.6 is 0 Å². The normalized spacial score (nSPS) is 15.9. The lowest BCUT2D eigenvalue weighted by Gasteiger charge is -2.32. The van der Waals surface area contributed by atoms with Crippen LogP contribution < -0.4 is 4.90 Å². The van der Waals surface area contributed by atoms with Crippen LogP contribution in [0.2, 0.25) is 0 Å². The first-order valence-corrected chi connectivity index (χ1v) is 7.36. The molecule has 0 aromatic carbocycles. The second kappa shape index (κ2) is 5.96. The average molecular weight is 281 g/mol. The van der Waals surface area contributed by atoms with Gasteiger partial charge in [-0.05, 0) is 43.4 Å². The van der Waals surface area contributed by atoms with Gasteiger partial charge in [-0.1, -0.05) is 6.07 Å². The van der Waals surface area contributed by atoms with Gasteiger partial charge in [0.15, 0.2) is 0 Å². The zero-order valence-electron chi connectivity index (χ0n) is 12.2. The Hall–Kier alpha value is -2.35. The maximum atomic E-state index is 9.09. The van der Waals surface area contributed by atoms with Crippen molar-refractivity contribution in [1.29, 1.82) is 5.26 Å². The van der Waals surface area contributed by atoms with Gasteiger partial charge in [0.1, 0.15) is 17.6 Å². The first-order valence-electron chi connectivity index (χ1n) is 7.36. The highest BCUT2D eigenvalue weighted by Crippen LogP contribution is 2.23. The van der Waals surface area contributed by atoms with Crippen molar-refractivity contribution >= 4 is 5.82 Å². The Morgan fingerprint density at radius 2 is 2.14 bits per heavy atom. The Labute approximate surface area is 124 Å². The third-order valence-electron chi connectivity index (χ3n) is 4.13. The molecule has 0 unspecified atom stereocenters. The molecule has 21 heavy (non-hydrogen) atoms. The van der Waals surface area contributed by atoms with Crippen LogP contribution in [0, 0.1) is 24.2 Å². The van der Waals surface area contributed by atoms with Crippen LogP contribution in [0.25, 0.3) is 0 Å². The van der Waals surface area contributed by atoms with Gasteiger partial charge in [-0.2, -0.15) is 10.4 Å². The molecular weight excluding hydrogens is 262 g/mol. The van der Waals surface area contributed by atoms with E-state index in [4.69, 9.17) is 5.26 Å².